The minimum atomic E-state index is 0.824. The average molecular weight is 171 g/mol. The van der Waals surface area contributed by atoms with Crippen molar-refractivity contribution < 1.29 is 4.74 Å². The molecule has 0 fully saturated rings. The maximum atomic E-state index is 5.31. The fraction of sp³-hybridized carbons (Fsp3) is 0.800. The molecule has 0 saturated heterocycles. The SMILES string of the molecule is CCCOCCNCC=C(C)C. The predicted molar refractivity (Wildman–Crippen MR) is 53.4 cm³/mol. The van der Waals surface area contributed by atoms with Crippen molar-refractivity contribution in [3.63, 3.8) is 0 Å². The average Bonchev–Trinajstić information content (AvgIpc) is 2.02. The van der Waals surface area contributed by atoms with E-state index in [-0.39, 0.29) is 0 Å². The number of hydrogen-bond donors (Lipinski definition) is 1. The van der Waals surface area contributed by atoms with E-state index in [9.17, 15) is 0 Å². The number of ether oxygens (including phenoxy) is 1. The van der Waals surface area contributed by atoms with Crippen LogP contribution in [0.5, 0.6) is 0 Å². The Morgan fingerprint density at radius 3 is 2.67 bits per heavy atom. The highest BCUT2D eigenvalue weighted by molar-refractivity contribution is 4.94. The van der Waals surface area contributed by atoms with E-state index in [1.54, 1.807) is 0 Å². The summed E-state index contributed by atoms with van der Waals surface area (Å²) in [6, 6.07) is 0. The van der Waals surface area contributed by atoms with Crippen molar-refractivity contribution in [2.24, 2.45) is 0 Å². The third kappa shape index (κ3) is 9.66. The second kappa shape index (κ2) is 8.75. The lowest BCUT2D eigenvalue weighted by Crippen LogP contribution is -2.19. The van der Waals surface area contributed by atoms with Gasteiger partial charge in [-0.2, -0.15) is 0 Å². The minimum absolute atomic E-state index is 0.824. The van der Waals surface area contributed by atoms with Crippen LogP contribution in [0, 0.1) is 0 Å². The normalized spacial score (nSPS) is 9.92. The molecule has 12 heavy (non-hydrogen) atoms. The van der Waals surface area contributed by atoms with Crippen molar-refractivity contribution >= 4 is 0 Å². The Labute approximate surface area is 76.0 Å². The van der Waals surface area contributed by atoms with Gasteiger partial charge in [0.1, 0.15) is 0 Å². The molecule has 2 heteroatoms. The Hall–Kier alpha value is -0.340. The number of hydrogen-bond acceptors (Lipinski definition) is 2. The highest BCUT2D eigenvalue weighted by Gasteiger charge is 1.85. The monoisotopic (exact) mass is 171 g/mol. The first-order valence-electron chi connectivity index (χ1n) is 4.69. The number of nitrogens with one attached hydrogen (secondary N) is 1. The van der Waals surface area contributed by atoms with Crippen LogP contribution < -0.4 is 5.32 Å². The molecule has 1 N–H and O–H groups in total. The molecule has 0 aromatic carbocycles. The van der Waals surface area contributed by atoms with Gasteiger partial charge in [-0.25, -0.2) is 0 Å². The molecular formula is C10H21NO. The smallest absolute Gasteiger partial charge is 0.0591 e. The standard InChI is InChI=1S/C10H21NO/c1-4-8-12-9-7-11-6-5-10(2)3/h5,11H,4,6-9H2,1-3H3. The van der Waals surface area contributed by atoms with Gasteiger partial charge in [-0.1, -0.05) is 18.6 Å². The molecule has 0 spiro atoms. The highest BCUT2D eigenvalue weighted by atomic mass is 16.5. The molecule has 2 nitrogen and oxygen atoms in total. The molecular weight excluding hydrogens is 150 g/mol. The molecule has 0 rings (SSSR count). The fourth-order valence-electron chi connectivity index (χ4n) is 0.769. The van der Waals surface area contributed by atoms with Crippen LogP contribution >= 0.6 is 0 Å². The Bertz CT molecular complexity index is 117. The summed E-state index contributed by atoms with van der Waals surface area (Å²) in [5.74, 6) is 0. The Morgan fingerprint density at radius 2 is 2.08 bits per heavy atom. The first-order chi connectivity index (χ1) is 5.77. The predicted octanol–water partition coefficient (Wildman–Crippen LogP) is 1.97. The molecule has 0 radical (unpaired) electrons. The summed E-state index contributed by atoms with van der Waals surface area (Å²) in [5, 5.41) is 3.27. The third-order valence-corrected chi connectivity index (χ3v) is 1.43. The molecule has 0 heterocycles. The highest BCUT2D eigenvalue weighted by Crippen LogP contribution is 1.85. The van der Waals surface area contributed by atoms with E-state index < -0.39 is 0 Å². The van der Waals surface area contributed by atoms with E-state index >= 15 is 0 Å². The number of rotatable bonds is 7. The molecule has 0 aliphatic heterocycles. The van der Waals surface area contributed by atoms with Gasteiger partial charge in [-0.05, 0) is 20.3 Å². The van der Waals surface area contributed by atoms with Crippen LogP contribution in [0.1, 0.15) is 27.2 Å². The molecule has 0 aromatic heterocycles. The van der Waals surface area contributed by atoms with Crippen molar-refractivity contribution in [3.8, 4) is 0 Å². The zero-order chi connectivity index (χ0) is 9.23. The number of allylic oxidation sites excluding steroid dienone is 1. The first-order valence-corrected chi connectivity index (χ1v) is 4.69. The van der Waals surface area contributed by atoms with Crippen molar-refractivity contribution in [2.75, 3.05) is 26.3 Å². The van der Waals surface area contributed by atoms with Crippen LogP contribution in [0.4, 0.5) is 0 Å². The zero-order valence-electron chi connectivity index (χ0n) is 8.52. The van der Waals surface area contributed by atoms with Crippen LogP contribution in [0.2, 0.25) is 0 Å². The van der Waals surface area contributed by atoms with Gasteiger partial charge in [0.05, 0.1) is 6.61 Å². The molecule has 0 unspecified atom stereocenters. The van der Waals surface area contributed by atoms with E-state index in [1.165, 1.54) is 5.57 Å². The topological polar surface area (TPSA) is 21.3 Å². The van der Waals surface area contributed by atoms with Crippen molar-refractivity contribution in [1.82, 2.24) is 5.32 Å². The van der Waals surface area contributed by atoms with E-state index in [0.29, 0.717) is 0 Å². The Kier molecular flexibility index (Phi) is 8.51. The van der Waals surface area contributed by atoms with Gasteiger partial charge in [0.2, 0.25) is 0 Å². The molecule has 0 atom stereocenters. The van der Waals surface area contributed by atoms with Gasteiger partial charge in [0.15, 0.2) is 0 Å². The van der Waals surface area contributed by atoms with Gasteiger partial charge in [-0.3, -0.25) is 0 Å². The second-order valence-electron chi connectivity index (χ2n) is 3.10. The molecule has 0 aliphatic rings. The van der Waals surface area contributed by atoms with Crippen LogP contribution in [-0.2, 0) is 4.74 Å². The maximum absolute atomic E-state index is 5.31. The van der Waals surface area contributed by atoms with Crippen molar-refractivity contribution in [3.05, 3.63) is 11.6 Å². The summed E-state index contributed by atoms with van der Waals surface area (Å²) in [4.78, 5) is 0. The molecule has 0 bridgehead atoms. The van der Waals surface area contributed by atoms with Crippen LogP contribution in [0.3, 0.4) is 0 Å². The quantitative estimate of drug-likeness (QED) is 0.467. The van der Waals surface area contributed by atoms with E-state index in [2.05, 4.69) is 32.2 Å². The van der Waals surface area contributed by atoms with E-state index in [4.69, 9.17) is 4.74 Å². The summed E-state index contributed by atoms with van der Waals surface area (Å²) < 4.78 is 5.31. The summed E-state index contributed by atoms with van der Waals surface area (Å²) >= 11 is 0. The largest absolute Gasteiger partial charge is 0.380 e. The molecule has 0 saturated carbocycles. The summed E-state index contributed by atoms with van der Waals surface area (Å²) in [6.07, 6.45) is 3.29. The molecule has 0 aliphatic carbocycles. The van der Waals surface area contributed by atoms with Crippen molar-refractivity contribution in [2.45, 2.75) is 27.2 Å². The fourth-order valence-corrected chi connectivity index (χ4v) is 0.769. The van der Waals surface area contributed by atoms with E-state index in [0.717, 1.165) is 32.7 Å². The summed E-state index contributed by atoms with van der Waals surface area (Å²) in [5.41, 5.74) is 1.36. The lowest BCUT2D eigenvalue weighted by molar-refractivity contribution is 0.137. The van der Waals surface area contributed by atoms with Gasteiger partial charge in [0, 0.05) is 19.7 Å². The third-order valence-electron chi connectivity index (χ3n) is 1.43. The molecule has 72 valence electrons. The minimum Gasteiger partial charge on any atom is -0.380 e. The Morgan fingerprint density at radius 1 is 1.33 bits per heavy atom. The second-order valence-corrected chi connectivity index (χ2v) is 3.10. The molecule has 0 amide bonds. The first kappa shape index (κ1) is 11.7. The van der Waals surface area contributed by atoms with Gasteiger partial charge in [-0.15, -0.1) is 0 Å². The van der Waals surface area contributed by atoms with E-state index in [1.807, 2.05) is 0 Å². The zero-order valence-corrected chi connectivity index (χ0v) is 8.52. The maximum Gasteiger partial charge on any atom is 0.0591 e. The summed E-state index contributed by atoms with van der Waals surface area (Å²) in [7, 11) is 0. The van der Waals surface area contributed by atoms with Gasteiger partial charge >= 0.3 is 0 Å². The van der Waals surface area contributed by atoms with Gasteiger partial charge < -0.3 is 10.1 Å². The van der Waals surface area contributed by atoms with Crippen LogP contribution in [0.15, 0.2) is 11.6 Å². The lowest BCUT2D eigenvalue weighted by atomic mass is 10.3. The van der Waals surface area contributed by atoms with Gasteiger partial charge in [0.25, 0.3) is 0 Å². The Balaban J connectivity index is 2.96. The van der Waals surface area contributed by atoms with Crippen LogP contribution in [-0.4, -0.2) is 26.3 Å². The summed E-state index contributed by atoms with van der Waals surface area (Å²) in [6.45, 7) is 9.94. The van der Waals surface area contributed by atoms with Crippen LogP contribution in [0.25, 0.3) is 0 Å². The van der Waals surface area contributed by atoms with Crippen molar-refractivity contribution in [1.29, 1.82) is 0 Å². The molecule has 0 aromatic rings. The lowest BCUT2D eigenvalue weighted by Gasteiger charge is -2.02.